The predicted molar refractivity (Wildman–Crippen MR) is 143 cm³/mol. The highest BCUT2D eigenvalue weighted by molar-refractivity contribution is 7.88. The molecule has 0 fully saturated rings. The van der Waals surface area contributed by atoms with Crippen LogP contribution in [0.25, 0.3) is 11.1 Å². The van der Waals surface area contributed by atoms with Gasteiger partial charge in [0.2, 0.25) is 15.9 Å². The second-order valence-corrected chi connectivity index (χ2v) is 12.5. The van der Waals surface area contributed by atoms with Gasteiger partial charge < -0.3 is 14.8 Å². The van der Waals surface area contributed by atoms with E-state index in [2.05, 4.69) is 45.5 Å². The van der Waals surface area contributed by atoms with Crippen molar-refractivity contribution in [2.45, 2.75) is 45.3 Å². The molecule has 2 aromatic carbocycles. The Hall–Kier alpha value is -3.17. The van der Waals surface area contributed by atoms with Gasteiger partial charge in [0.25, 0.3) is 0 Å². The Morgan fingerprint density at radius 2 is 1.86 bits per heavy atom. The molecule has 1 unspecified atom stereocenters. The van der Waals surface area contributed by atoms with Crippen molar-refractivity contribution in [3.05, 3.63) is 72.3 Å². The summed E-state index contributed by atoms with van der Waals surface area (Å²) in [5.74, 6) is -0.310. The number of sulfonamides is 1. The Kier molecular flexibility index (Phi) is 7.24. The molecule has 1 aliphatic rings. The van der Waals surface area contributed by atoms with Gasteiger partial charge in [-0.1, -0.05) is 36.4 Å². The first-order chi connectivity index (χ1) is 16.9. The molecule has 1 aromatic heterocycles. The van der Waals surface area contributed by atoms with Gasteiger partial charge in [-0.25, -0.2) is 13.4 Å². The SMILES string of the molecule is Cn1cncc1CN1CC(N(CC(=O)NC(C)(C)C)S(C)(=O)=O)Cc2cc(-c3ccccc3)ccc21. The summed E-state index contributed by atoms with van der Waals surface area (Å²) in [5.41, 5.74) is 4.87. The van der Waals surface area contributed by atoms with Crippen molar-refractivity contribution < 1.29 is 13.2 Å². The summed E-state index contributed by atoms with van der Waals surface area (Å²) < 4.78 is 29.2. The molecule has 0 saturated carbocycles. The van der Waals surface area contributed by atoms with Gasteiger partial charge in [0.15, 0.2) is 0 Å². The minimum atomic E-state index is -3.65. The summed E-state index contributed by atoms with van der Waals surface area (Å²) in [4.78, 5) is 19.2. The molecule has 36 heavy (non-hydrogen) atoms. The number of hydrogen-bond acceptors (Lipinski definition) is 5. The van der Waals surface area contributed by atoms with Gasteiger partial charge in [0, 0.05) is 37.1 Å². The number of aromatic nitrogens is 2. The van der Waals surface area contributed by atoms with Gasteiger partial charge in [-0.05, 0) is 56.0 Å². The number of carbonyl (C=O) groups is 1. The summed E-state index contributed by atoms with van der Waals surface area (Å²) in [6.07, 6.45) is 5.29. The molecule has 192 valence electrons. The van der Waals surface area contributed by atoms with Crippen LogP contribution in [0.5, 0.6) is 0 Å². The Labute approximate surface area is 214 Å². The quantitative estimate of drug-likeness (QED) is 0.529. The van der Waals surface area contributed by atoms with Crippen molar-refractivity contribution >= 4 is 21.6 Å². The molecule has 0 radical (unpaired) electrons. The number of amides is 1. The second-order valence-electron chi connectivity index (χ2n) is 10.6. The zero-order chi connectivity index (χ0) is 26.1. The lowest BCUT2D eigenvalue weighted by molar-refractivity contribution is -0.123. The minimum absolute atomic E-state index is 0.214. The number of hydrogen-bond donors (Lipinski definition) is 1. The van der Waals surface area contributed by atoms with E-state index < -0.39 is 21.6 Å². The topological polar surface area (TPSA) is 87.5 Å². The van der Waals surface area contributed by atoms with Gasteiger partial charge in [-0.2, -0.15) is 4.31 Å². The first-order valence-electron chi connectivity index (χ1n) is 12.1. The van der Waals surface area contributed by atoms with Crippen LogP contribution in [0.4, 0.5) is 5.69 Å². The zero-order valence-corrected chi connectivity index (χ0v) is 22.4. The Morgan fingerprint density at radius 1 is 1.14 bits per heavy atom. The molecule has 4 rings (SSSR count). The normalized spacial score (nSPS) is 16.2. The third kappa shape index (κ3) is 6.14. The molecule has 1 aliphatic heterocycles. The van der Waals surface area contributed by atoms with Crippen LogP contribution in [0, 0.1) is 0 Å². The average Bonchev–Trinajstić information content (AvgIpc) is 3.20. The Morgan fingerprint density at radius 3 is 2.47 bits per heavy atom. The maximum absolute atomic E-state index is 12.9. The van der Waals surface area contributed by atoms with Gasteiger partial charge in [-0.15, -0.1) is 0 Å². The Bertz CT molecular complexity index is 1330. The fraction of sp³-hybridized carbons (Fsp3) is 0.407. The maximum atomic E-state index is 12.9. The van der Waals surface area contributed by atoms with E-state index in [9.17, 15) is 13.2 Å². The van der Waals surface area contributed by atoms with Gasteiger partial charge in [-0.3, -0.25) is 4.79 Å². The lowest BCUT2D eigenvalue weighted by Crippen LogP contribution is -2.54. The van der Waals surface area contributed by atoms with Crippen LogP contribution in [-0.2, 0) is 34.8 Å². The van der Waals surface area contributed by atoms with E-state index in [0.717, 1.165) is 28.1 Å². The summed E-state index contributed by atoms with van der Waals surface area (Å²) in [6, 6.07) is 16.1. The fourth-order valence-electron chi connectivity index (χ4n) is 4.73. The van der Waals surface area contributed by atoms with E-state index >= 15 is 0 Å². The summed E-state index contributed by atoms with van der Waals surface area (Å²) in [6.45, 7) is 6.48. The van der Waals surface area contributed by atoms with Crippen molar-refractivity contribution in [1.82, 2.24) is 19.2 Å². The fourth-order valence-corrected chi connectivity index (χ4v) is 5.76. The van der Waals surface area contributed by atoms with E-state index in [0.29, 0.717) is 19.5 Å². The third-order valence-corrected chi connectivity index (χ3v) is 7.61. The first kappa shape index (κ1) is 25.9. The van der Waals surface area contributed by atoms with Crippen LogP contribution in [0.15, 0.2) is 61.1 Å². The van der Waals surface area contributed by atoms with Gasteiger partial charge >= 0.3 is 0 Å². The molecule has 9 heteroatoms. The molecule has 1 atom stereocenters. The second kappa shape index (κ2) is 10.1. The van der Waals surface area contributed by atoms with E-state index in [-0.39, 0.29) is 12.5 Å². The predicted octanol–water partition coefficient (Wildman–Crippen LogP) is 3.19. The molecule has 8 nitrogen and oxygen atoms in total. The largest absolute Gasteiger partial charge is 0.364 e. The Balaban J connectivity index is 1.71. The van der Waals surface area contributed by atoms with Crippen molar-refractivity contribution in [2.24, 2.45) is 7.05 Å². The summed E-state index contributed by atoms with van der Waals surface area (Å²) in [5, 5.41) is 2.90. The van der Waals surface area contributed by atoms with E-state index in [1.54, 1.807) is 6.33 Å². The third-order valence-electron chi connectivity index (χ3n) is 6.33. The number of benzene rings is 2. The maximum Gasteiger partial charge on any atom is 0.235 e. The number of rotatable bonds is 7. The smallest absolute Gasteiger partial charge is 0.235 e. The molecule has 0 saturated heterocycles. The summed E-state index contributed by atoms with van der Waals surface area (Å²) in [7, 11) is -1.70. The van der Waals surface area contributed by atoms with Crippen LogP contribution >= 0.6 is 0 Å². The van der Waals surface area contributed by atoms with Crippen LogP contribution in [0.3, 0.4) is 0 Å². The van der Waals surface area contributed by atoms with E-state index in [1.165, 1.54) is 10.6 Å². The molecule has 0 bridgehead atoms. The van der Waals surface area contributed by atoms with Crippen LogP contribution in [-0.4, -0.2) is 59.1 Å². The van der Waals surface area contributed by atoms with Crippen molar-refractivity contribution in [2.75, 3.05) is 24.2 Å². The number of imidazole rings is 1. The molecule has 0 aliphatic carbocycles. The van der Waals surface area contributed by atoms with Gasteiger partial charge in [0.05, 0.1) is 31.4 Å². The monoisotopic (exact) mass is 509 g/mol. The highest BCUT2D eigenvalue weighted by atomic mass is 32.2. The average molecular weight is 510 g/mol. The number of anilines is 1. The van der Waals surface area contributed by atoms with E-state index in [1.807, 2.05) is 56.8 Å². The highest BCUT2D eigenvalue weighted by Gasteiger charge is 2.35. The number of fused-ring (bicyclic) bond motifs is 1. The molecular weight excluding hydrogens is 474 g/mol. The van der Waals surface area contributed by atoms with Crippen molar-refractivity contribution in [3.63, 3.8) is 0 Å². The molecule has 2 heterocycles. The number of nitrogens with zero attached hydrogens (tertiary/aromatic N) is 4. The van der Waals surface area contributed by atoms with Crippen molar-refractivity contribution in [3.8, 4) is 11.1 Å². The standard InChI is InChI=1S/C27H35N5O3S/c1-27(2,3)29-26(33)18-32(36(5,34)35)23-14-22-13-21(20-9-7-6-8-10-20)11-12-25(22)31(16-23)17-24-15-28-19-30(24)4/h6-13,15,19,23H,14,16-18H2,1-5H3,(H,29,33). The lowest BCUT2D eigenvalue weighted by atomic mass is 9.93. The first-order valence-corrected chi connectivity index (χ1v) is 13.9. The van der Waals surface area contributed by atoms with Gasteiger partial charge in [0.1, 0.15) is 0 Å². The molecule has 0 spiro atoms. The molecule has 1 amide bonds. The highest BCUT2D eigenvalue weighted by Crippen LogP contribution is 2.34. The van der Waals surface area contributed by atoms with E-state index in [4.69, 9.17) is 0 Å². The van der Waals surface area contributed by atoms with Crippen LogP contribution in [0.2, 0.25) is 0 Å². The minimum Gasteiger partial charge on any atom is -0.364 e. The molecule has 3 aromatic rings. The summed E-state index contributed by atoms with van der Waals surface area (Å²) >= 11 is 0. The number of carbonyl (C=O) groups excluding carboxylic acids is 1. The van der Waals surface area contributed by atoms with Crippen LogP contribution < -0.4 is 10.2 Å². The van der Waals surface area contributed by atoms with Crippen molar-refractivity contribution in [1.29, 1.82) is 0 Å². The zero-order valence-electron chi connectivity index (χ0n) is 21.6. The number of aryl methyl sites for hydroxylation is 1. The number of nitrogens with one attached hydrogen (secondary N) is 1. The van der Waals surface area contributed by atoms with Crippen LogP contribution in [0.1, 0.15) is 32.0 Å². The molecule has 1 N–H and O–H groups in total. The lowest BCUT2D eigenvalue weighted by Gasteiger charge is -2.40. The molecular formula is C27H35N5O3S.